The van der Waals surface area contributed by atoms with E-state index in [0.29, 0.717) is 10.6 Å². The summed E-state index contributed by atoms with van der Waals surface area (Å²) in [6.07, 6.45) is -4.34. The van der Waals surface area contributed by atoms with Crippen molar-refractivity contribution in [3.8, 4) is 0 Å². The van der Waals surface area contributed by atoms with E-state index in [1.807, 2.05) is 0 Å². The Kier molecular flexibility index (Phi) is 5.04. The molecular formula is C9H8BrClF3NO. The summed E-state index contributed by atoms with van der Waals surface area (Å²) in [6, 6.07) is 5.09. The average Bonchev–Trinajstić information content (AvgIpc) is 2.13. The number of hydroxylamine groups is 1. The van der Waals surface area contributed by atoms with Gasteiger partial charge in [-0.15, -0.1) is 0 Å². The Labute approximate surface area is 104 Å². The van der Waals surface area contributed by atoms with Crippen LogP contribution in [0.2, 0.25) is 5.02 Å². The maximum Gasteiger partial charge on any atom is 0.413 e. The molecule has 90 valence electrons. The van der Waals surface area contributed by atoms with Gasteiger partial charge in [-0.05, 0) is 17.7 Å². The fraction of sp³-hybridized carbons (Fsp3) is 0.333. The summed E-state index contributed by atoms with van der Waals surface area (Å²) in [4.78, 5) is 4.24. The van der Waals surface area contributed by atoms with Gasteiger partial charge in [0.2, 0.25) is 0 Å². The molecule has 0 saturated heterocycles. The minimum absolute atomic E-state index is 0.113. The molecule has 0 aromatic heterocycles. The van der Waals surface area contributed by atoms with Crippen molar-refractivity contribution >= 4 is 27.5 Å². The second kappa shape index (κ2) is 5.86. The molecule has 0 unspecified atom stereocenters. The highest BCUT2D eigenvalue weighted by Crippen LogP contribution is 2.21. The smallest absolute Gasteiger partial charge is 0.292 e. The molecule has 16 heavy (non-hydrogen) atoms. The van der Waals surface area contributed by atoms with E-state index in [-0.39, 0.29) is 6.54 Å². The van der Waals surface area contributed by atoms with Crippen LogP contribution in [0.5, 0.6) is 0 Å². The van der Waals surface area contributed by atoms with Crippen LogP contribution in [0, 0.1) is 0 Å². The molecule has 1 N–H and O–H groups in total. The largest absolute Gasteiger partial charge is 0.413 e. The zero-order chi connectivity index (χ0) is 12.2. The molecule has 1 aromatic carbocycles. The molecule has 0 saturated carbocycles. The van der Waals surface area contributed by atoms with Gasteiger partial charge in [0.05, 0.1) is 0 Å². The lowest BCUT2D eigenvalue weighted by atomic mass is 10.2. The Balaban J connectivity index is 2.38. The van der Waals surface area contributed by atoms with Gasteiger partial charge in [-0.3, -0.25) is 4.84 Å². The van der Waals surface area contributed by atoms with Crippen LogP contribution in [0.3, 0.4) is 0 Å². The van der Waals surface area contributed by atoms with Crippen LogP contribution in [-0.4, -0.2) is 12.8 Å². The van der Waals surface area contributed by atoms with Crippen molar-refractivity contribution in [2.45, 2.75) is 12.7 Å². The SMILES string of the molecule is FC(F)(F)CONCc1ccc(Br)cc1Cl. The molecule has 0 spiro atoms. The van der Waals surface area contributed by atoms with Crippen LogP contribution in [0.25, 0.3) is 0 Å². The average molecular weight is 319 g/mol. The molecule has 0 aliphatic rings. The molecule has 0 heterocycles. The van der Waals surface area contributed by atoms with Crippen molar-refractivity contribution in [3.05, 3.63) is 33.3 Å². The molecule has 0 atom stereocenters. The van der Waals surface area contributed by atoms with E-state index >= 15 is 0 Å². The summed E-state index contributed by atoms with van der Waals surface area (Å²) < 4.78 is 36.0. The molecule has 2 nitrogen and oxygen atoms in total. The zero-order valence-electron chi connectivity index (χ0n) is 7.94. The fourth-order valence-corrected chi connectivity index (χ4v) is 1.67. The van der Waals surface area contributed by atoms with Crippen molar-refractivity contribution in [3.63, 3.8) is 0 Å². The van der Waals surface area contributed by atoms with E-state index < -0.39 is 12.8 Å². The third kappa shape index (κ3) is 5.16. The van der Waals surface area contributed by atoms with Crippen LogP contribution < -0.4 is 5.48 Å². The number of alkyl halides is 3. The van der Waals surface area contributed by atoms with Gasteiger partial charge in [-0.1, -0.05) is 33.6 Å². The lowest BCUT2D eigenvalue weighted by Crippen LogP contribution is -2.24. The van der Waals surface area contributed by atoms with Gasteiger partial charge in [0.25, 0.3) is 0 Å². The Bertz CT molecular complexity index is 359. The maximum atomic E-state index is 11.7. The van der Waals surface area contributed by atoms with E-state index in [0.717, 1.165) is 4.47 Å². The first-order valence-corrected chi connectivity index (χ1v) is 5.41. The summed E-state index contributed by atoms with van der Waals surface area (Å²) in [7, 11) is 0. The van der Waals surface area contributed by atoms with Crippen LogP contribution >= 0.6 is 27.5 Å². The molecule has 7 heteroatoms. The highest BCUT2D eigenvalue weighted by atomic mass is 79.9. The summed E-state index contributed by atoms with van der Waals surface area (Å²) in [5.74, 6) is 0. The lowest BCUT2D eigenvalue weighted by Gasteiger charge is -2.09. The normalized spacial score (nSPS) is 11.8. The minimum atomic E-state index is -4.34. The predicted octanol–water partition coefficient (Wildman–Crippen LogP) is 3.69. The number of rotatable bonds is 4. The third-order valence-electron chi connectivity index (χ3n) is 1.62. The summed E-state index contributed by atoms with van der Waals surface area (Å²) in [5.41, 5.74) is 2.86. The van der Waals surface area contributed by atoms with E-state index in [1.165, 1.54) is 0 Å². The van der Waals surface area contributed by atoms with Crippen molar-refractivity contribution in [1.29, 1.82) is 0 Å². The van der Waals surface area contributed by atoms with E-state index in [9.17, 15) is 13.2 Å². The number of halogens is 5. The highest BCUT2D eigenvalue weighted by Gasteiger charge is 2.27. The van der Waals surface area contributed by atoms with Gasteiger partial charge in [0, 0.05) is 16.0 Å². The molecule has 1 aromatic rings. The van der Waals surface area contributed by atoms with Crippen molar-refractivity contribution in [2.24, 2.45) is 0 Å². The Morgan fingerprint density at radius 1 is 1.38 bits per heavy atom. The number of nitrogens with one attached hydrogen (secondary N) is 1. The minimum Gasteiger partial charge on any atom is -0.292 e. The van der Waals surface area contributed by atoms with Crippen molar-refractivity contribution in [1.82, 2.24) is 5.48 Å². The van der Waals surface area contributed by atoms with Gasteiger partial charge < -0.3 is 0 Å². The van der Waals surface area contributed by atoms with Crippen LogP contribution in [0.4, 0.5) is 13.2 Å². The monoisotopic (exact) mass is 317 g/mol. The third-order valence-corrected chi connectivity index (χ3v) is 2.46. The fourth-order valence-electron chi connectivity index (χ4n) is 0.927. The number of hydrogen-bond donors (Lipinski definition) is 1. The first-order chi connectivity index (χ1) is 7.38. The summed E-state index contributed by atoms with van der Waals surface area (Å²) in [5, 5.41) is 0.456. The van der Waals surface area contributed by atoms with E-state index in [1.54, 1.807) is 18.2 Å². The van der Waals surface area contributed by atoms with E-state index in [2.05, 4.69) is 26.2 Å². The molecule has 0 fully saturated rings. The second-order valence-electron chi connectivity index (χ2n) is 2.96. The maximum absolute atomic E-state index is 11.7. The van der Waals surface area contributed by atoms with Gasteiger partial charge in [-0.25, -0.2) is 0 Å². The molecule has 0 aliphatic carbocycles. The quantitative estimate of drug-likeness (QED) is 0.675. The van der Waals surface area contributed by atoms with Crippen molar-refractivity contribution < 1.29 is 18.0 Å². The molecule has 0 bridgehead atoms. The molecule has 0 radical (unpaired) electrons. The van der Waals surface area contributed by atoms with Gasteiger partial charge in [-0.2, -0.15) is 18.7 Å². The molecule has 1 rings (SSSR count). The van der Waals surface area contributed by atoms with Crippen LogP contribution in [0.15, 0.2) is 22.7 Å². The topological polar surface area (TPSA) is 21.3 Å². The van der Waals surface area contributed by atoms with Crippen molar-refractivity contribution in [2.75, 3.05) is 6.61 Å². The van der Waals surface area contributed by atoms with E-state index in [4.69, 9.17) is 11.6 Å². The molecule has 0 amide bonds. The summed E-state index contributed by atoms with van der Waals surface area (Å²) in [6.45, 7) is -1.22. The van der Waals surface area contributed by atoms with Gasteiger partial charge in [0.15, 0.2) is 6.61 Å². The van der Waals surface area contributed by atoms with Gasteiger partial charge >= 0.3 is 6.18 Å². The molecular weight excluding hydrogens is 310 g/mol. The first-order valence-electron chi connectivity index (χ1n) is 4.24. The lowest BCUT2D eigenvalue weighted by molar-refractivity contribution is -0.190. The van der Waals surface area contributed by atoms with Crippen LogP contribution in [-0.2, 0) is 11.4 Å². The Hall–Kier alpha value is -0.300. The Morgan fingerprint density at radius 3 is 2.62 bits per heavy atom. The first kappa shape index (κ1) is 13.8. The Morgan fingerprint density at radius 2 is 2.06 bits per heavy atom. The predicted molar refractivity (Wildman–Crippen MR) is 58.0 cm³/mol. The van der Waals surface area contributed by atoms with Crippen LogP contribution in [0.1, 0.15) is 5.56 Å². The zero-order valence-corrected chi connectivity index (χ0v) is 10.3. The standard InChI is InChI=1S/C9H8BrClF3NO/c10-7-2-1-6(8(11)3-7)4-15-16-5-9(12,13)14/h1-3,15H,4-5H2. The molecule has 0 aliphatic heterocycles. The van der Waals surface area contributed by atoms with Gasteiger partial charge in [0.1, 0.15) is 0 Å². The number of benzene rings is 1. The summed E-state index contributed by atoms with van der Waals surface area (Å²) >= 11 is 9.07. The highest BCUT2D eigenvalue weighted by molar-refractivity contribution is 9.10. The second-order valence-corrected chi connectivity index (χ2v) is 4.28. The number of hydrogen-bond acceptors (Lipinski definition) is 2.